The van der Waals surface area contributed by atoms with Gasteiger partial charge in [0.25, 0.3) is 0 Å². The van der Waals surface area contributed by atoms with E-state index >= 15 is 0 Å². The Bertz CT molecular complexity index is 421. The van der Waals surface area contributed by atoms with Gasteiger partial charge < -0.3 is 14.4 Å². The summed E-state index contributed by atoms with van der Waals surface area (Å²) in [7, 11) is 1.60. The average Bonchev–Trinajstić information content (AvgIpc) is 2.45. The molecular weight excluding hydrogens is 266 g/mol. The van der Waals surface area contributed by atoms with E-state index in [9.17, 15) is 4.79 Å². The maximum Gasteiger partial charge on any atom is 0.225 e. The van der Waals surface area contributed by atoms with Gasteiger partial charge in [0.15, 0.2) is 0 Å². The molecule has 0 aliphatic carbocycles. The second-order valence-electron chi connectivity index (χ2n) is 4.49. The third-order valence-electron chi connectivity index (χ3n) is 3.18. The monoisotopic (exact) mass is 283 g/mol. The first-order valence-electron chi connectivity index (χ1n) is 6.34. The molecule has 0 radical (unpaired) electrons. The SMILES string of the molecule is COCCC(=O)N1CCO[C@@H](c2ccc(Cl)cc2)C1. The normalized spacial score (nSPS) is 19.5. The fourth-order valence-electron chi connectivity index (χ4n) is 2.10. The van der Waals surface area contributed by atoms with E-state index in [1.165, 1.54) is 0 Å². The quantitative estimate of drug-likeness (QED) is 0.851. The van der Waals surface area contributed by atoms with Gasteiger partial charge >= 0.3 is 0 Å². The summed E-state index contributed by atoms with van der Waals surface area (Å²) in [5, 5.41) is 0.701. The van der Waals surface area contributed by atoms with E-state index in [1.54, 1.807) is 7.11 Å². The van der Waals surface area contributed by atoms with Gasteiger partial charge in [-0.3, -0.25) is 4.79 Å². The molecule has 0 spiro atoms. The fourth-order valence-corrected chi connectivity index (χ4v) is 2.23. The van der Waals surface area contributed by atoms with Gasteiger partial charge in [0, 0.05) is 18.7 Å². The van der Waals surface area contributed by atoms with E-state index in [2.05, 4.69) is 0 Å². The zero-order valence-corrected chi connectivity index (χ0v) is 11.7. The molecule has 5 heteroatoms. The van der Waals surface area contributed by atoms with Crippen molar-refractivity contribution in [2.24, 2.45) is 0 Å². The Hall–Kier alpha value is -1.10. The molecule has 0 unspecified atom stereocenters. The van der Waals surface area contributed by atoms with Gasteiger partial charge in [0.2, 0.25) is 5.91 Å². The first-order valence-corrected chi connectivity index (χ1v) is 6.72. The second kappa shape index (κ2) is 6.89. The van der Waals surface area contributed by atoms with Crippen molar-refractivity contribution < 1.29 is 14.3 Å². The number of carbonyl (C=O) groups excluding carboxylic acids is 1. The lowest BCUT2D eigenvalue weighted by Crippen LogP contribution is -2.42. The Morgan fingerprint density at radius 2 is 2.21 bits per heavy atom. The Balaban J connectivity index is 1.96. The standard InChI is InChI=1S/C14H18ClNO3/c1-18-8-6-14(17)16-7-9-19-13(10-16)11-2-4-12(15)5-3-11/h2-5,13H,6-10H2,1H3/t13-/m1/s1. The number of carbonyl (C=O) groups is 1. The van der Waals surface area contributed by atoms with Gasteiger partial charge in [-0.2, -0.15) is 0 Å². The van der Waals surface area contributed by atoms with Crippen LogP contribution in [0.5, 0.6) is 0 Å². The van der Waals surface area contributed by atoms with Gasteiger partial charge in [0.1, 0.15) is 6.10 Å². The van der Waals surface area contributed by atoms with E-state index in [0.29, 0.717) is 37.7 Å². The first kappa shape index (κ1) is 14.3. The number of benzene rings is 1. The van der Waals surface area contributed by atoms with Gasteiger partial charge in [0.05, 0.1) is 26.2 Å². The van der Waals surface area contributed by atoms with Crippen molar-refractivity contribution in [3.63, 3.8) is 0 Å². The summed E-state index contributed by atoms with van der Waals surface area (Å²) in [5.74, 6) is 0.115. The number of hydrogen-bond donors (Lipinski definition) is 0. The van der Waals surface area contributed by atoms with Gasteiger partial charge in [-0.1, -0.05) is 23.7 Å². The highest BCUT2D eigenvalue weighted by atomic mass is 35.5. The molecule has 0 saturated carbocycles. The summed E-state index contributed by atoms with van der Waals surface area (Å²) in [4.78, 5) is 13.8. The number of morpholine rings is 1. The first-order chi connectivity index (χ1) is 9.20. The molecule has 0 bridgehead atoms. The zero-order valence-electron chi connectivity index (χ0n) is 11.0. The molecule has 104 valence electrons. The van der Waals surface area contributed by atoms with Crippen LogP contribution in [-0.4, -0.2) is 44.2 Å². The highest BCUT2D eigenvalue weighted by molar-refractivity contribution is 6.30. The molecule has 1 amide bonds. The fraction of sp³-hybridized carbons (Fsp3) is 0.500. The molecule has 1 aliphatic rings. The third-order valence-corrected chi connectivity index (χ3v) is 3.43. The Labute approximate surface area is 118 Å². The van der Waals surface area contributed by atoms with Crippen molar-refractivity contribution in [1.29, 1.82) is 0 Å². The van der Waals surface area contributed by atoms with Crippen molar-refractivity contribution in [2.45, 2.75) is 12.5 Å². The maximum atomic E-state index is 12.0. The molecule has 1 aliphatic heterocycles. The molecule has 2 rings (SSSR count). The molecular formula is C14H18ClNO3. The minimum absolute atomic E-state index is 0.0717. The van der Waals surface area contributed by atoms with Crippen LogP contribution >= 0.6 is 11.6 Å². The Kier molecular flexibility index (Phi) is 5.19. The van der Waals surface area contributed by atoms with Crippen LogP contribution in [0, 0.1) is 0 Å². The molecule has 1 fully saturated rings. The molecule has 4 nitrogen and oxygen atoms in total. The lowest BCUT2D eigenvalue weighted by atomic mass is 10.1. The molecule has 1 aromatic rings. The topological polar surface area (TPSA) is 38.8 Å². The number of rotatable bonds is 4. The lowest BCUT2D eigenvalue weighted by Gasteiger charge is -2.33. The number of nitrogens with zero attached hydrogens (tertiary/aromatic N) is 1. The summed E-state index contributed by atoms with van der Waals surface area (Å²) >= 11 is 5.87. The van der Waals surface area contributed by atoms with Crippen LogP contribution in [0.3, 0.4) is 0 Å². The highest BCUT2D eigenvalue weighted by Crippen LogP contribution is 2.23. The molecule has 1 aromatic carbocycles. The summed E-state index contributed by atoms with van der Waals surface area (Å²) in [6, 6.07) is 7.56. The third kappa shape index (κ3) is 3.93. The van der Waals surface area contributed by atoms with Gasteiger partial charge in [-0.15, -0.1) is 0 Å². The summed E-state index contributed by atoms with van der Waals surface area (Å²) in [5.41, 5.74) is 1.05. The predicted octanol–water partition coefficient (Wildman–Crippen LogP) is 2.28. The maximum absolute atomic E-state index is 12.0. The van der Waals surface area contributed by atoms with Crippen LogP contribution in [0.25, 0.3) is 0 Å². The van der Waals surface area contributed by atoms with Crippen LogP contribution in [0.4, 0.5) is 0 Å². The Morgan fingerprint density at radius 1 is 1.47 bits per heavy atom. The molecule has 1 heterocycles. The minimum atomic E-state index is -0.0717. The number of ether oxygens (including phenoxy) is 2. The van der Waals surface area contributed by atoms with Crippen molar-refractivity contribution in [1.82, 2.24) is 4.90 Å². The smallest absolute Gasteiger partial charge is 0.225 e. The van der Waals surface area contributed by atoms with E-state index < -0.39 is 0 Å². The van der Waals surface area contributed by atoms with Gasteiger partial charge in [-0.05, 0) is 17.7 Å². The average molecular weight is 284 g/mol. The number of methoxy groups -OCH3 is 1. The summed E-state index contributed by atoms with van der Waals surface area (Å²) in [6.07, 6.45) is 0.349. The molecule has 1 atom stereocenters. The largest absolute Gasteiger partial charge is 0.384 e. The molecule has 0 N–H and O–H groups in total. The number of halogens is 1. The van der Waals surface area contributed by atoms with Crippen LogP contribution in [-0.2, 0) is 14.3 Å². The van der Waals surface area contributed by atoms with Crippen LogP contribution < -0.4 is 0 Å². The van der Waals surface area contributed by atoms with E-state index in [0.717, 1.165) is 5.56 Å². The summed E-state index contributed by atoms with van der Waals surface area (Å²) < 4.78 is 10.7. The molecule has 1 saturated heterocycles. The van der Waals surface area contributed by atoms with Crippen molar-refractivity contribution in [2.75, 3.05) is 33.4 Å². The van der Waals surface area contributed by atoms with E-state index in [4.69, 9.17) is 21.1 Å². The lowest BCUT2D eigenvalue weighted by molar-refractivity contribution is -0.139. The number of hydrogen-bond acceptors (Lipinski definition) is 3. The molecule has 0 aromatic heterocycles. The van der Waals surface area contributed by atoms with E-state index in [-0.39, 0.29) is 12.0 Å². The summed E-state index contributed by atoms with van der Waals surface area (Å²) in [6.45, 7) is 2.25. The van der Waals surface area contributed by atoms with Crippen LogP contribution in [0.2, 0.25) is 5.02 Å². The van der Waals surface area contributed by atoms with Gasteiger partial charge in [-0.25, -0.2) is 0 Å². The van der Waals surface area contributed by atoms with Crippen LogP contribution in [0.15, 0.2) is 24.3 Å². The molecule has 19 heavy (non-hydrogen) atoms. The van der Waals surface area contributed by atoms with Crippen molar-refractivity contribution in [3.05, 3.63) is 34.9 Å². The van der Waals surface area contributed by atoms with Crippen LogP contribution in [0.1, 0.15) is 18.1 Å². The number of amides is 1. The minimum Gasteiger partial charge on any atom is -0.384 e. The second-order valence-corrected chi connectivity index (χ2v) is 4.93. The Morgan fingerprint density at radius 3 is 2.89 bits per heavy atom. The van der Waals surface area contributed by atoms with Crippen molar-refractivity contribution >= 4 is 17.5 Å². The predicted molar refractivity (Wildman–Crippen MR) is 73.2 cm³/mol. The van der Waals surface area contributed by atoms with Crippen molar-refractivity contribution in [3.8, 4) is 0 Å². The van der Waals surface area contributed by atoms with E-state index in [1.807, 2.05) is 29.2 Å². The zero-order chi connectivity index (χ0) is 13.7. The highest BCUT2D eigenvalue weighted by Gasteiger charge is 2.24.